The molecule has 4 rings (SSSR count). The Balaban J connectivity index is 2.41. The summed E-state index contributed by atoms with van der Waals surface area (Å²) in [6.45, 7) is 0. The Labute approximate surface area is 220 Å². The molecule has 0 aromatic heterocycles. The van der Waals surface area contributed by atoms with Crippen LogP contribution in [-0.4, -0.2) is 21.9 Å². The maximum atomic E-state index is 13.1. The van der Waals surface area contributed by atoms with Crippen LogP contribution in [-0.2, 0) is 20.0 Å². The molecule has 4 aromatic carbocycles. The lowest BCUT2D eigenvalue weighted by Gasteiger charge is -2.21. The van der Waals surface area contributed by atoms with Crippen LogP contribution in [0.1, 0.15) is 0 Å². The molecular weight excluding hydrogens is 578 g/mol. The lowest BCUT2D eigenvalue weighted by molar-refractivity contribution is 0.476. The van der Waals surface area contributed by atoms with Gasteiger partial charge in [0.25, 0.3) is 0 Å². The summed E-state index contributed by atoms with van der Waals surface area (Å²) < 4.78 is 52.0. The average Bonchev–Trinajstić information content (AvgIpc) is 2.74. The largest absolute Gasteiger partial charge is 0.508 e. The molecule has 0 aliphatic heterocycles. The number of fused-ring (bicyclic) bond motifs is 1. The minimum atomic E-state index is -4.63. The monoisotopic (exact) mass is 590 g/mol. The van der Waals surface area contributed by atoms with Crippen LogP contribution in [0.4, 0.5) is 0 Å². The van der Waals surface area contributed by atoms with Gasteiger partial charge in [-0.2, -0.15) is 0 Å². The van der Waals surface area contributed by atoms with Gasteiger partial charge in [0.05, 0.1) is 29.9 Å². The van der Waals surface area contributed by atoms with Crippen molar-refractivity contribution in [2.24, 2.45) is 10.3 Å². The highest BCUT2D eigenvalue weighted by Crippen LogP contribution is 2.47. The maximum absolute atomic E-state index is 13.1. The summed E-state index contributed by atoms with van der Waals surface area (Å²) in [5, 5.41) is 22.0. The molecular formula is C22H14Cl4N2O5S2. The molecule has 0 fully saturated rings. The first-order chi connectivity index (χ1) is 16.2. The van der Waals surface area contributed by atoms with E-state index < -0.39 is 29.8 Å². The van der Waals surface area contributed by atoms with Crippen LogP contribution in [0.3, 0.4) is 0 Å². The SMILES string of the molecule is NS(=O)(=O)c1c(-c2ccc(Cl)c(Cl)c2)c(S(N)(=O)=O)c2cc(O)ccc2c1-c1ccc(Cl)c(Cl)c1. The number of nitrogens with two attached hydrogens (primary N) is 2. The van der Waals surface area contributed by atoms with E-state index in [4.69, 9.17) is 56.7 Å². The number of sulfonamides is 2. The van der Waals surface area contributed by atoms with Gasteiger partial charge in [-0.05, 0) is 59.0 Å². The van der Waals surface area contributed by atoms with Crippen LogP contribution in [0.15, 0.2) is 64.4 Å². The van der Waals surface area contributed by atoms with Crippen molar-refractivity contribution in [3.05, 3.63) is 74.7 Å². The second-order valence-corrected chi connectivity index (χ2v) is 12.1. The average molecular weight is 592 g/mol. The Morgan fingerprint density at radius 1 is 0.571 bits per heavy atom. The molecule has 0 bridgehead atoms. The molecule has 35 heavy (non-hydrogen) atoms. The van der Waals surface area contributed by atoms with E-state index in [1.165, 1.54) is 48.5 Å². The second kappa shape index (κ2) is 9.10. The van der Waals surface area contributed by atoms with Gasteiger partial charge in [-0.3, -0.25) is 0 Å². The molecule has 0 aliphatic carbocycles. The third-order valence-electron chi connectivity index (χ3n) is 5.18. The first-order valence-electron chi connectivity index (χ1n) is 9.49. The van der Waals surface area contributed by atoms with Crippen molar-refractivity contribution in [2.75, 3.05) is 0 Å². The van der Waals surface area contributed by atoms with Gasteiger partial charge in [0, 0.05) is 16.5 Å². The van der Waals surface area contributed by atoms with Crippen molar-refractivity contribution in [1.82, 2.24) is 0 Å². The number of primary sulfonamides is 2. The molecule has 0 aliphatic rings. The minimum Gasteiger partial charge on any atom is -0.508 e. The standard InChI is InChI=1S/C22H14Cl4N2O5S2/c23-15-5-1-10(7-17(15)25)19-13-4-3-12(29)9-14(13)21(34(27,30)31)20(22(19)35(28,32)33)11-2-6-16(24)18(26)8-11/h1-9,29H,(H2,27,30,31)(H2,28,32,33). The maximum Gasteiger partial charge on any atom is 0.239 e. The van der Waals surface area contributed by atoms with E-state index in [9.17, 15) is 21.9 Å². The number of hydrogen-bond donors (Lipinski definition) is 3. The van der Waals surface area contributed by atoms with Crippen LogP contribution >= 0.6 is 46.4 Å². The van der Waals surface area contributed by atoms with Crippen LogP contribution in [0, 0.1) is 0 Å². The number of phenols is 1. The Morgan fingerprint density at radius 3 is 1.51 bits per heavy atom. The molecule has 0 amide bonds. The molecule has 7 nitrogen and oxygen atoms in total. The van der Waals surface area contributed by atoms with Crippen molar-refractivity contribution < 1.29 is 21.9 Å². The first-order valence-corrected chi connectivity index (χ1v) is 14.1. The van der Waals surface area contributed by atoms with Crippen molar-refractivity contribution >= 4 is 77.2 Å². The van der Waals surface area contributed by atoms with Gasteiger partial charge in [0.2, 0.25) is 20.0 Å². The highest BCUT2D eigenvalue weighted by molar-refractivity contribution is 7.90. The zero-order valence-electron chi connectivity index (χ0n) is 17.3. The van der Waals surface area contributed by atoms with Crippen LogP contribution in [0.2, 0.25) is 20.1 Å². The summed E-state index contributed by atoms with van der Waals surface area (Å²) in [5.41, 5.74) is 0.00248. The first kappa shape index (κ1) is 26.0. The number of hydrogen-bond acceptors (Lipinski definition) is 5. The molecule has 0 atom stereocenters. The fourth-order valence-electron chi connectivity index (χ4n) is 3.86. The number of halogens is 4. The van der Waals surface area contributed by atoms with Crippen molar-refractivity contribution in [2.45, 2.75) is 9.79 Å². The molecule has 4 aromatic rings. The van der Waals surface area contributed by atoms with Crippen LogP contribution < -0.4 is 10.3 Å². The highest BCUT2D eigenvalue weighted by atomic mass is 35.5. The Bertz CT molecular complexity index is 1760. The molecule has 0 heterocycles. The molecule has 5 N–H and O–H groups in total. The smallest absolute Gasteiger partial charge is 0.239 e. The predicted octanol–water partition coefficient (Wildman–Crippen LogP) is 5.79. The van der Waals surface area contributed by atoms with Crippen molar-refractivity contribution in [3.63, 3.8) is 0 Å². The van der Waals surface area contributed by atoms with Gasteiger partial charge in [0.15, 0.2) is 0 Å². The van der Waals surface area contributed by atoms with E-state index in [0.29, 0.717) is 0 Å². The van der Waals surface area contributed by atoms with Gasteiger partial charge in [-0.15, -0.1) is 0 Å². The topological polar surface area (TPSA) is 141 Å². The fourth-order valence-corrected chi connectivity index (χ4v) is 6.51. The molecule has 0 saturated carbocycles. The lowest BCUT2D eigenvalue weighted by Crippen LogP contribution is -2.20. The number of aromatic hydroxyl groups is 1. The molecule has 0 saturated heterocycles. The van der Waals surface area contributed by atoms with Crippen molar-refractivity contribution in [1.29, 1.82) is 0 Å². The summed E-state index contributed by atoms with van der Waals surface area (Å²) in [5.74, 6) is -0.286. The minimum absolute atomic E-state index is 0.0227. The third-order valence-corrected chi connectivity index (χ3v) is 8.63. The molecule has 0 unspecified atom stereocenters. The molecule has 0 spiro atoms. The normalized spacial score (nSPS) is 12.3. The van der Waals surface area contributed by atoms with E-state index in [1.807, 2.05) is 0 Å². The lowest BCUT2D eigenvalue weighted by atomic mass is 9.92. The summed E-state index contributed by atoms with van der Waals surface area (Å²) in [6, 6.07) is 12.2. The van der Waals surface area contributed by atoms with Gasteiger partial charge in [-0.25, -0.2) is 27.1 Å². The van der Waals surface area contributed by atoms with Crippen LogP contribution in [0.25, 0.3) is 33.0 Å². The van der Waals surface area contributed by atoms with Gasteiger partial charge in [-0.1, -0.05) is 58.5 Å². The number of phenolic OH excluding ortho intramolecular Hbond substituents is 1. The zero-order chi connectivity index (χ0) is 25.9. The number of rotatable bonds is 4. The van der Waals surface area contributed by atoms with Crippen LogP contribution in [0.5, 0.6) is 5.75 Å². The molecule has 182 valence electrons. The predicted molar refractivity (Wildman–Crippen MR) is 139 cm³/mol. The number of benzene rings is 4. The Hall–Kier alpha value is -2.08. The van der Waals surface area contributed by atoms with E-state index in [0.717, 1.165) is 6.07 Å². The zero-order valence-corrected chi connectivity index (χ0v) is 21.9. The summed E-state index contributed by atoms with van der Waals surface area (Å²) in [6.07, 6.45) is 0. The second-order valence-electron chi connectivity index (χ2n) is 7.49. The van der Waals surface area contributed by atoms with Gasteiger partial charge >= 0.3 is 0 Å². The summed E-state index contributed by atoms with van der Waals surface area (Å²) in [7, 11) is -9.22. The fraction of sp³-hybridized carbons (Fsp3) is 0. The van der Waals surface area contributed by atoms with Gasteiger partial charge in [0.1, 0.15) is 5.75 Å². The van der Waals surface area contributed by atoms with E-state index in [2.05, 4.69) is 0 Å². The summed E-state index contributed by atoms with van der Waals surface area (Å²) >= 11 is 24.4. The molecule has 13 heteroatoms. The molecule has 0 radical (unpaired) electrons. The summed E-state index contributed by atoms with van der Waals surface area (Å²) in [4.78, 5) is -1.12. The van der Waals surface area contributed by atoms with E-state index >= 15 is 0 Å². The van der Waals surface area contributed by atoms with E-state index in [1.54, 1.807) is 0 Å². The third kappa shape index (κ3) is 4.83. The Morgan fingerprint density at radius 2 is 1.06 bits per heavy atom. The quantitative estimate of drug-likeness (QED) is 0.275. The van der Waals surface area contributed by atoms with Gasteiger partial charge < -0.3 is 5.11 Å². The van der Waals surface area contributed by atoms with E-state index in [-0.39, 0.29) is 58.9 Å². The van der Waals surface area contributed by atoms with Crippen molar-refractivity contribution in [3.8, 4) is 28.0 Å². The Kier molecular flexibility index (Phi) is 6.76. The highest BCUT2D eigenvalue weighted by Gasteiger charge is 2.32.